The van der Waals surface area contributed by atoms with Crippen LogP contribution in [0.2, 0.25) is 0 Å². The number of rotatable bonds is 0. The van der Waals surface area contributed by atoms with Gasteiger partial charge in [0.15, 0.2) is 0 Å². The molecule has 4 rings (SSSR count). The van der Waals surface area contributed by atoms with E-state index < -0.39 is 0 Å². The van der Waals surface area contributed by atoms with E-state index >= 15 is 0 Å². The second kappa shape index (κ2) is 2.98. The zero-order valence-corrected chi connectivity index (χ0v) is 9.70. The van der Waals surface area contributed by atoms with E-state index in [1.54, 1.807) is 0 Å². The fourth-order valence-electron chi connectivity index (χ4n) is 2.87. The third-order valence-electron chi connectivity index (χ3n) is 3.75. The third-order valence-corrected chi connectivity index (χ3v) is 3.75. The topological polar surface area (TPSA) is 0 Å². The summed E-state index contributed by atoms with van der Waals surface area (Å²) in [7, 11) is 0. The summed E-state index contributed by atoms with van der Waals surface area (Å²) in [6.07, 6.45) is 4.48. The molecule has 0 fully saturated rings. The van der Waals surface area contributed by atoms with Gasteiger partial charge in [0.2, 0.25) is 0 Å². The van der Waals surface area contributed by atoms with E-state index in [1.165, 1.54) is 38.2 Å². The number of benzene rings is 3. The molecule has 0 bridgehead atoms. The standard InChI is InChI=1S/C17H12/c1-11-6-7-12-8-9-15-14-5-3-2-4-13(14)10-16(11)17(12)15/h2-10H,1H3. The minimum Gasteiger partial charge on any atom is -0.0616 e. The van der Waals surface area contributed by atoms with Gasteiger partial charge in [-0.3, -0.25) is 0 Å². The molecular weight excluding hydrogens is 204 g/mol. The van der Waals surface area contributed by atoms with Gasteiger partial charge in [-0.05, 0) is 51.2 Å². The Hall–Kier alpha value is -2.08. The maximum absolute atomic E-state index is 2.32. The molecule has 0 heteroatoms. The van der Waals surface area contributed by atoms with E-state index in [9.17, 15) is 0 Å². The van der Waals surface area contributed by atoms with Crippen molar-refractivity contribution in [1.29, 1.82) is 0 Å². The SMILES string of the molecule is Cc1ccc2c3c(c4ccccc4cc13)C=C2. The average molecular weight is 216 g/mol. The van der Waals surface area contributed by atoms with Crippen LogP contribution in [0.15, 0.2) is 42.5 Å². The van der Waals surface area contributed by atoms with Crippen molar-refractivity contribution in [2.24, 2.45) is 0 Å². The lowest BCUT2D eigenvalue weighted by molar-refractivity contribution is 1.53. The largest absolute Gasteiger partial charge is 0.0616 e. The van der Waals surface area contributed by atoms with Crippen LogP contribution in [0.3, 0.4) is 0 Å². The molecule has 3 aromatic rings. The first-order valence-corrected chi connectivity index (χ1v) is 5.98. The molecule has 3 aromatic carbocycles. The van der Waals surface area contributed by atoms with Crippen LogP contribution in [-0.2, 0) is 0 Å². The van der Waals surface area contributed by atoms with Crippen LogP contribution in [-0.4, -0.2) is 0 Å². The van der Waals surface area contributed by atoms with Crippen molar-refractivity contribution in [2.45, 2.75) is 6.92 Å². The lowest BCUT2D eigenvalue weighted by atomic mass is 9.95. The zero-order chi connectivity index (χ0) is 11.4. The molecule has 0 aliphatic heterocycles. The molecule has 0 nitrogen and oxygen atoms in total. The summed E-state index contributed by atoms with van der Waals surface area (Å²) in [6.45, 7) is 2.19. The number of aryl methyl sites for hydroxylation is 1. The molecule has 80 valence electrons. The van der Waals surface area contributed by atoms with Crippen molar-refractivity contribution >= 4 is 33.7 Å². The predicted molar refractivity (Wildman–Crippen MR) is 75.1 cm³/mol. The fourth-order valence-corrected chi connectivity index (χ4v) is 2.87. The second-order valence-electron chi connectivity index (χ2n) is 4.74. The molecule has 0 saturated carbocycles. The highest BCUT2D eigenvalue weighted by molar-refractivity contribution is 6.15. The van der Waals surface area contributed by atoms with Gasteiger partial charge >= 0.3 is 0 Å². The monoisotopic (exact) mass is 216 g/mol. The van der Waals surface area contributed by atoms with Crippen molar-refractivity contribution in [1.82, 2.24) is 0 Å². The zero-order valence-electron chi connectivity index (χ0n) is 9.70. The van der Waals surface area contributed by atoms with E-state index in [4.69, 9.17) is 0 Å². The first-order valence-electron chi connectivity index (χ1n) is 5.98. The Labute approximate surface area is 100 Å². The molecule has 17 heavy (non-hydrogen) atoms. The van der Waals surface area contributed by atoms with Gasteiger partial charge in [-0.2, -0.15) is 0 Å². The summed E-state index contributed by atoms with van der Waals surface area (Å²) in [6, 6.07) is 15.4. The van der Waals surface area contributed by atoms with Gasteiger partial charge in [0, 0.05) is 0 Å². The number of hydrogen-bond acceptors (Lipinski definition) is 0. The van der Waals surface area contributed by atoms with Gasteiger partial charge in [0.1, 0.15) is 0 Å². The summed E-state index contributed by atoms with van der Waals surface area (Å²) in [5, 5.41) is 5.51. The van der Waals surface area contributed by atoms with Crippen molar-refractivity contribution < 1.29 is 0 Å². The Morgan fingerprint density at radius 1 is 0.824 bits per heavy atom. The first-order chi connectivity index (χ1) is 8.34. The maximum Gasteiger partial charge on any atom is -0.00297 e. The molecule has 0 amide bonds. The molecule has 0 aromatic heterocycles. The fraction of sp³-hybridized carbons (Fsp3) is 0.0588. The third kappa shape index (κ3) is 1.07. The molecule has 0 unspecified atom stereocenters. The highest BCUT2D eigenvalue weighted by atomic mass is 14.2. The van der Waals surface area contributed by atoms with Gasteiger partial charge in [0.05, 0.1) is 0 Å². The molecule has 0 heterocycles. The molecule has 0 radical (unpaired) electrons. The van der Waals surface area contributed by atoms with Crippen molar-refractivity contribution in [3.05, 3.63) is 59.2 Å². The minimum atomic E-state index is 1.34. The highest BCUT2D eigenvalue weighted by Crippen LogP contribution is 2.37. The summed E-state index contributed by atoms with van der Waals surface area (Å²) in [5.74, 6) is 0. The van der Waals surface area contributed by atoms with Crippen molar-refractivity contribution in [2.75, 3.05) is 0 Å². The van der Waals surface area contributed by atoms with Crippen molar-refractivity contribution in [3.8, 4) is 0 Å². The Morgan fingerprint density at radius 2 is 1.71 bits per heavy atom. The summed E-state index contributed by atoms with van der Waals surface area (Å²) in [5.41, 5.74) is 4.10. The van der Waals surface area contributed by atoms with Crippen LogP contribution in [0.5, 0.6) is 0 Å². The maximum atomic E-state index is 2.32. The summed E-state index contributed by atoms with van der Waals surface area (Å²) < 4.78 is 0. The first kappa shape index (κ1) is 9.00. The molecule has 1 aliphatic carbocycles. The summed E-state index contributed by atoms with van der Waals surface area (Å²) >= 11 is 0. The van der Waals surface area contributed by atoms with Gasteiger partial charge in [-0.1, -0.05) is 48.6 Å². The quantitative estimate of drug-likeness (QED) is 0.371. The molecule has 0 N–H and O–H groups in total. The van der Waals surface area contributed by atoms with Crippen LogP contribution < -0.4 is 0 Å². The minimum absolute atomic E-state index is 1.34. The van der Waals surface area contributed by atoms with E-state index in [-0.39, 0.29) is 0 Å². The molecule has 0 spiro atoms. The van der Waals surface area contributed by atoms with Crippen LogP contribution in [0.4, 0.5) is 0 Å². The molecule has 1 aliphatic rings. The van der Waals surface area contributed by atoms with E-state index in [1.807, 2.05) is 0 Å². The van der Waals surface area contributed by atoms with Crippen LogP contribution in [0.25, 0.3) is 33.7 Å². The van der Waals surface area contributed by atoms with Crippen LogP contribution in [0, 0.1) is 6.92 Å². The van der Waals surface area contributed by atoms with Crippen LogP contribution in [0.1, 0.15) is 16.7 Å². The Morgan fingerprint density at radius 3 is 2.65 bits per heavy atom. The average Bonchev–Trinajstić information content (AvgIpc) is 2.79. The molecule has 0 saturated heterocycles. The predicted octanol–water partition coefficient (Wildman–Crippen LogP) is 4.79. The van der Waals surface area contributed by atoms with E-state index in [0.29, 0.717) is 0 Å². The molecular formula is C17H12. The van der Waals surface area contributed by atoms with Gasteiger partial charge in [0.25, 0.3) is 0 Å². The normalized spacial score (nSPS) is 12.8. The molecule has 0 atom stereocenters. The smallest absolute Gasteiger partial charge is 0.00297 e. The lowest BCUT2D eigenvalue weighted by Gasteiger charge is -2.09. The Kier molecular flexibility index (Phi) is 1.58. The van der Waals surface area contributed by atoms with E-state index in [2.05, 4.69) is 61.5 Å². The second-order valence-corrected chi connectivity index (χ2v) is 4.74. The number of fused-ring (bicyclic) bond motifs is 2. The van der Waals surface area contributed by atoms with Gasteiger partial charge < -0.3 is 0 Å². The van der Waals surface area contributed by atoms with Gasteiger partial charge in [-0.15, -0.1) is 0 Å². The van der Waals surface area contributed by atoms with Crippen LogP contribution >= 0.6 is 0 Å². The highest BCUT2D eigenvalue weighted by Gasteiger charge is 2.13. The Balaban J connectivity index is 2.38. The summed E-state index contributed by atoms with van der Waals surface area (Å²) in [4.78, 5) is 0. The lowest BCUT2D eigenvalue weighted by Crippen LogP contribution is -1.85. The van der Waals surface area contributed by atoms with Crippen molar-refractivity contribution in [3.63, 3.8) is 0 Å². The van der Waals surface area contributed by atoms with E-state index in [0.717, 1.165) is 0 Å². The Bertz CT molecular complexity index is 792. The van der Waals surface area contributed by atoms with Gasteiger partial charge in [-0.25, -0.2) is 0 Å². The number of hydrogen-bond donors (Lipinski definition) is 0.